The maximum absolute atomic E-state index is 12.3. The van der Waals surface area contributed by atoms with Gasteiger partial charge in [0, 0.05) is 24.6 Å². The Labute approximate surface area is 181 Å². The largest absolute Gasteiger partial charge is 0.428 e. The third-order valence-electron chi connectivity index (χ3n) is 2.55. The summed E-state index contributed by atoms with van der Waals surface area (Å²) in [6, 6.07) is 0. The van der Waals surface area contributed by atoms with Gasteiger partial charge in [-0.15, -0.1) is 0 Å². The van der Waals surface area contributed by atoms with Crippen LogP contribution in [0.1, 0.15) is 13.8 Å². The molecule has 0 aromatic carbocycles. The average Bonchev–Trinajstić information content (AvgIpc) is 2.73. The van der Waals surface area contributed by atoms with Crippen LogP contribution in [-0.4, -0.2) is 35.8 Å². The van der Waals surface area contributed by atoms with Gasteiger partial charge in [0.1, 0.15) is 0 Å². The fourth-order valence-corrected chi connectivity index (χ4v) is 1.29. The molecule has 0 bridgehead atoms. The maximum atomic E-state index is 12.3. The van der Waals surface area contributed by atoms with E-state index in [4.69, 9.17) is 0 Å². The van der Waals surface area contributed by atoms with E-state index < -0.39 is 53.3 Å². The number of ether oxygens (including phenoxy) is 4. The highest BCUT2D eigenvalue weighted by molar-refractivity contribution is 5.95. The average molecular weight is 450 g/mol. The van der Waals surface area contributed by atoms with Gasteiger partial charge in [-0.3, -0.25) is 4.79 Å². The van der Waals surface area contributed by atoms with E-state index in [0.29, 0.717) is 12.2 Å². The predicted octanol–water partition coefficient (Wildman–Crippen LogP) is 1.37. The molecule has 0 aromatic rings. The van der Waals surface area contributed by atoms with E-state index in [1.165, 1.54) is 6.92 Å². The van der Waals surface area contributed by atoms with Crippen molar-refractivity contribution in [1.82, 2.24) is 0 Å². The molecule has 0 unspecified atom stereocenters. The van der Waals surface area contributed by atoms with Crippen LogP contribution in [0.2, 0.25) is 0 Å². The minimum Gasteiger partial charge on any atom is -0.419 e. The Morgan fingerprint density at radius 1 is 0.688 bits per heavy atom. The Hall–Kier alpha value is -4.74. The Morgan fingerprint density at radius 2 is 1.22 bits per heavy atom. The highest BCUT2D eigenvalue weighted by Gasteiger charge is 2.31. The van der Waals surface area contributed by atoms with Crippen molar-refractivity contribution in [1.29, 1.82) is 0 Å². The third kappa shape index (κ3) is 9.65. The van der Waals surface area contributed by atoms with Crippen molar-refractivity contribution in [3.63, 3.8) is 0 Å². The van der Waals surface area contributed by atoms with Crippen molar-refractivity contribution < 1.29 is 57.5 Å². The van der Waals surface area contributed by atoms with Gasteiger partial charge in [0.15, 0.2) is 0 Å². The summed E-state index contributed by atoms with van der Waals surface area (Å²) in [6.07, 6.45) is 3.19. The minimum atomic E-state index is -1.78. The first-order valence-electron chi connectivity index (χ1n) is 8.21. The molecule has 0 aliphatic heterocycles. The number of esters is 4. The second kappa shape index (κ2) is 13.5. The molecule has 0 N–H and O–H groups in total. The molecule has 0 saturated carbocycles. The lowest BCUT2D eigenvalue weighted by atomic mass is 10.4. The summed E-state index contributed by atoms with van der Waals surface area (Å²) >= 11 is 0. The highest BCUT2D eigenvalue weighted by atomic mass is 17.2. The van der Waals surface area contributed by atoms with Crippen LogP contribution >= 0.6 is 0 Å². The lowest BCUT2D eigenvalue weighted by Crippen LogP contribution is -2.23. The summed E-state index contributed by atoms with van der Waals surface area (Å²) in [6.45, 7) is 15.0. The first-order chi connectivity index (χ1) is 15.0. The van der Waals surface area contributed by atoms with Gasteiger partial charge in [0.05, 0.1) is 0 Å². The minimum absolute atomic E-state index is 0.202. The summed E-state index contributed by atoms with van der Waals surface area (Å²) in [5.74, 6) is -11.2. The van der Waals surface area contributed by atoms with Crippen molar-refractivity contribution in [3.05, 3.63) is 73.7 Å². The first-order valence-corrected chi connectivity index (χ1v) is 8.21. The zero-order valence-corrected chi connectivity index (χ0v) is 17.0. The molecular formula is C20H18O12. The van der Waals surface area contributed by atoms with Gasteiger partial charge in [-0.1, -0.05) is 32.4 Å². The van der Waals surface area contributed by atoms with Crippen LogP contribution in [-0.2, 0) is 57.5 Å². The zero-order chi connectivity index (χ0) is 24.8. The van der Waals surface area contributed by atoms with E-state index >= 15 is 0 Å². The van der Waals surface area contributed by atoms with E-state index in [9.17, 15) is 28.8 Å². The van der Waals surface area contributed by atoms with Crippen LogP contribution in [0.5, 0.6) is 0 Å². The van der Waals surface area contributed by atoms with Crippen LogP contribution in [0.4, 0.5) is 0 Å². The lowest BCUT2D eigenvalue weighted by molar-refractivity contribution is -0.257. The molecule has 0 atom stereocenters. The molecule has 0 aliphatic carbocycles. The fraction of sp³-hybridized carbons (Fsp3) is 0.100. The fourth-order valence-electron chi connectivity index (χ4n) is 1.29. The first kappa shape index (κ1) is 27.3. The van der Waals surface area contributed by atoms with Gasteiger partial charge in [0.25, 0.3) is 0 Å². The molecule has 0 amide bonds. The molecule has 0 spiro atoms. The molecule has 12 heteroatoms. The topological polar surface area (TPSA) is 158 Å². The molecule has 0 saturated heterocycles. The molecule has 0 aliphatic rings. The van der Waals surface area contributed by atoms with Crippen molar-refractivity contribution in [3.8, 4) is 0 Å². The van der Waals surface area contributed by atoms with Gasteiger partial charge in [-0.25, -0.2) is 33.7 Å². The van der Waals surface area contributed by atoms with E-state index in [0.717, 1.165) is 19.1 Å². The maximum Gasteiger partial charge on any atom is 0.428 e. The van der Waals surface area contributed by atoms with Gasteiger partial charge < -0.3 is 18.9 Å². The summed E-state index contributed by atoms with van der Waals surface area (Å²) < 4.78 is 18.4. The van der Waals surface area contributed by atoms with E-state index in [-0.39, 0.29) is 5.57 Å². The number of carbonyl (C=O) groups is 6. The standard InChI is InChI=1S/C20H18O12/c1-7-10-13(27-12(6)21)18(25)31-32-19(26)16(28-14(22)8-2)20(29-15(23)9-3)30-17(24)11(4)5/h7-10H,1-4H2,5-6H3/b13-10-,20-16+. The van der Waals surface area contributed by atoms with Crippen molar-refractivity contribution in [2.75, 3.05) is 0 Å². The van der Waals surface area contributed by atoms with Gasteiger partial charge in [-0.2, -0.15) is 0 Å². The van der Waals surface area contributed by atoms with Crippen LogP contribution in [0.25, 0.3) is 0 Å². The summed E-state index contributed by atoms with van der Waals surface area (Å²) in [4.78, 5) is 78.5. The van der Waals surface area contributed by atoms with Crippen LogP contribution in [0.3, 0.4) is 0 Å². The summed E-state index contributed by atoms with van der Waals surface area (Å²) in [7, 11) is 0. The normalized spacial score (nSPS) is 10.9. The molecule has 0 aromatic heterocycles. The third-order valence-corrected chi connectivity index (χ3v) is 2.55. The van der Waals surface area contributed by atoms with Crippen molar-refractivity contribution >= 4 is 35.8 Å². The number of hydrogen-bond donors (Lipinski definition) is 0. The van der Waals surface area contributed by atoms with E-state index in [1.807, 2.05) is 0 Å². The molecule has 0 radical (unpaired) electrons. The number of rotatable bonds is 10. The highest BCUT2D eigenvalue weighted by Crippen LogP contribution is 2.16. The molecule has 0 heterocycles. The van der Waals surface area contributed by atoms with Crippen LogP contribution in [0.15, 0.2) is 73.7 Å². The van der Waals surface area contributed by atoms with Gasteiger partial charge in [0.2, 0.25) is 5.76 Å². The SMILES string of the molecule is C=C/C=C(\OC(C)=O)C(=O)OOC(=O)/C(OC(=O)C=C)=C(/OC(=O)C=C)OC(=O)C(=C)C. The Kier molecular flexibility index (Phi) is 11.5. The molecule has 0 rings (SSSR count). The Balaban J connectivity index is 6.04. The Morgan fingerprint density at radius 3 is 1.69 bits per heavy atom. The van der Waals surface area contributed by atoms with Crippen molar-refractivity contribution in [2.45, 2.75) is 13.8 Å². The monoisotopic (exact) mass is 450 g/mol. The van der Waals surface area contributed by atoms with E-state index in [2.05, 4.69) is 55.0 Å². The zero-order valence-electron chi connectivity index (χ0n) is 17.0. The second-order valence-corrected chi connectivity index (χ2v) is 5.14. The molecule has 170 valence electrons. The quantitative estimate of drug-likeness (QED) is 0.0896. The summed E-state index contributed by atoms with van der Waals surface area (Å²) in [5.41, 5.74) is -0.202. The smallest absolute Gasteiger partial charge is 0.419 e. The summed E-state index contributed by atoms with van der Waals surface area (Å²) in [5, 5.41) is 0. The van der Waals surface area contributed by atoms with Gasteiger partial charge in [-0.05, 0) is 13.0 Å². The predicted molar refractivity (Wildman–Crippen MR) is 103 cm³/mol. The molecule has 0 fully saturated rings. The second-order valence-electron chi connectivity index (χ2n) is 5.14. The Bertz CT molecular complexity index is 932. The van der Waals surface area contributed by atoms with Crippen LogP contribution < -0.4 is 0 Å². The van der Waals surface area contributed by atoms with E-state index in [1.54, 1.807) is 0 Å². The number of hydrogen-bond acceptors (Lipinski definition) is 12. The lowest BCUT2D eigenvalue weighted by Gasteiger charge is -2.12. The van der Waals surface area contributed by atoms with Crippen LogP contribution in [0, 0.1) is 0 Å². The molecular weight excluding hydrogens is 432 g/mol. The van der Waals surface area contributed by atoms with Gasteiger partial charge >= 0.3 is 47.5 Å². The molecule has 12 nitrogen and oxygen atoms in total. The number of allylic oxidation sites excluding steroid dienone is 2. The van der Waals surface area contributed by atoms with Crippen molar-refractivity contribution in [2.24, 2.45) is 0 Å². The number of carbonyl (C=O) groups excluding carboxylic acids is 6. The molecule has 32 heavy (non-hydrogen) atoms.